The molecule has 3 fully saturated rings. The molecule has 27 heavy (non-hydrogen) atoms. The number of fused-ring (bicyclic) bond motifs is 3. The van der Waals surface area contributed by atoms with Crippen molar-refractivity contribution < 1.29 is 24.2 Å². The number of carbonyl (C=O) groups excluding carboxylic acids is 2. The zero-order chi connectivity index (χ0) is 20.0. The Morgan fingerprint density at radius 1 is 1.19 bits per heavy atom. The maximum absolute atomic E-state index is 12.8. The standard InChI is InChI=1S/C22H34O5/c1-13(27-14(2)23)16-6-7-17-15-5-8-19(24)22(4,12-10-20(25)26)18(15)9-11-21(16,17)3/h13,15-18H,5-12H2,1-4H3,(H,25,26)/t13-,15-,16-,17+,18-,21-,22+/m1/s1. The van der Waals surface area contributed by atoms with Gasteiger partial charge in [-0.1, -0.05) is 13.8 Å². The van der Waals surface area contributed by atoms with Crippen LogP contribution in [0.2, 0.25) is 0 Å². The monoisotopic (exact) mass is 378 g/mol. The topological polar surface area (TPSA) is 80.7 Å². The molecular weight excluding hydrogens is 344 g/mol. The van der Waals surface area contributed by atoms with Crippen LogP contribution in [0.15, 0.2) is 0 Å². The molecule has 0 saturated heterocycles. The van der Waals surface area contributed by atoms with E-state index in [0.29, 0.717) is 36.5 Å². The highest BCUT2D eigenvalue weighted by molar-refractivity contribution is 5.86. The summed E-state index contributed by atoms with van der Waals surface area (Å²) in [5.74, 6) is 0.910. The number of ketones is 1. The van der Waals surface area contributed by atoms with Crippen LogP contribution in [0.25, 0.3) is 0 Å². The average Bonchev–Trinajstić information content (AvgIpc) is 2.93. The van der Waals surface area contributed by atoms with E-state index in [0.717, 1.165) is 32.1 Å². The number of aliphatic carboxylic acids is 1. The molecule has 0 heterocycles. The summed E-state index contributed by atoms with van der Waals surface area (Å²) in [5, 5.41) is 9.15. The third kappa shape index (κ3) is 3.42. The van der Waals surface area contributed by atoms with E-state index in [1.54, 1.807) is 0 Å². The second kappa shape index (κ2) is 7.21. The minimum absolute atomic E-state index is 0.0690. The van der Waals surface area contributed by atoms with Crippen LogP contribution in [0.5, 0.6) is 0 Å². The lowest BCUT2D eigenvalue weighted by atomic mass is 9.48. The van der Waals surface area contributed by atoms with Crippen molar-refractivity contribution in [2.75, 3.05) is 0 Å². The van der Waals surface area contributed by atoms with Gasteiger partial charge in [-0.15, -0.1) is 0 Å². The molecule has 7 atom stereocenters. The van der Waals surface area contributed by atoms with Crippen molar-refractivity contribution >= 4 is 17.7 Å². The van der Waals surface area contributed by atoms with Crippen molar-refractivity contribution in [3.05, 3.63) is 0 Å². The third-order valence-corrected chi connectivity index (χ3v) is 8.45. The van der Waals surface area contributed by atoms with E-state index in [9.17, 15) is 14.4 Å². The summed E-state index contributed by atoms with van der Waals surface area (Å²) in [6.07, 6.45) is 6.16. The molecule has 5 nitrogen and oxygen atoms in total. The first kappa shape index (κ1) is 20.3. The van der Waals surface area contributed by atoms with Crippen LogP contribution in [-0.4, -0.2) is 28.9 Å². The lowest BCUT2D eigenvalue weighted by Crippen LogP contribution is -2.53. The van der Waals surface area contributed by atoms with Gasteiger partial charge in [0.1, 0.15) is 11.9 Å². The summed E-state index contributed by atoms with van der Waals surface area (Å²) in [7, 11) is 0. The molecule has 0 aromatic rings. The molecule has 0 spiro atoms. The molecule has 3 rings (SSSR count). The Morgan fingerprint density at radius 2 is 1.89 bits per heavy atom. The van der Waals surface area contributed by atoms with Crippen molar-refractivity contribution in [1.82, 2.24) is 0 Å². The van der Waals surface area contributed by atoms with Gasteiger partial charge in [0.15, 0.2) is 0 Å². The fourth-order valence-corrected chi connectivity index (χ4v) is 7.12. The Bertz CT molecular complexity index is 628. The maximum Gasteiger partial charge on any atom is 0.303 e. The van der Waals surface area contributed by atoms with Gasteiger partial charge >= 0.3 is 11.9 Å². The summed E-state index contributed by atoms with van der Waals surface area (Å²) >= 11 is 0. The molecule has 0 aromatic carbocycles. The first-order valence-corrected chi connectivity index (χ1v) is 10.5. The Morgan fingerprint density at radius 3 is 2.52 bits per heavy atom. The van der Waals surface area contributed by atoms with Gasteiger partial charge in [-0.3, -0.25) is 14.4 Å². The maximum atomic E-state index is 12.8. The summed E-state index contributed by atoms with van der Waals surface area (Å²) in [4.78, 5) is 35.4. The van der Waals surface area contributed by atoms with Crippen molar-refractivity contribution in [2.24, 2.45) is 34.5 Å². The van der Waals surface area contributed by atoms with Crippen LogP contribution < -0.4 is 0 Å². The predicted molar refractivity (Wildman–Crippen MR) is 101 cm³/mol. The van der Waals surface area contributed by atoms with E-state index in [1.807, 2.05) is 13.8 Å². The van der Waals surface area contributed by atoms with E-state index in [1.165, 1.54) is 6.92 Å². The SMILES string of the molecule is CC(=O)O[C@H](C)[C@H]1CC[C@H]2[C@H]3CCC(=O)[C@@](C)(CCC(=O)O)[C@@H]3CC[C@]12C. The van der Waals surface area contributed by atoms with Gasteiger partial charge in [0.2, 0.25) is 0 Å². The molecule has 3 aliphatic rings. The molecule has 0 radical (unpaired) electrons. The largest absolute Gasteiger partial charge is 0.481 e. The number of hydrogen-bond donors (Lipinski definition) is 1. The van der Waals surface area contributed by atoms with Crippen LogP contribution in [-0.2, 0) is 19.1 Å². The normalized spacial score (nSPS) is 42.1. The van der Waals surface area contributed by atoms with E-state index in [2.05, 4.69) is 6.92 Å². The zero-order valence-electron chi connectivity index (χ0n) is 17.1. The van der Waals surface area contributed by atoms with Gasteiger partial charge in [0, 0.05) is 31.1 Å². The number of hydrogen-bond acceptors (Lipinski definition) is 4. The van der Waals surface area contributed by atoms with Gasteiger partial charge in [0.25, 0.3) is 0 Å². The second-order valence-corrected chi connectivity index (χ2v) is 9.69. The number of rotatable bonds is 5. The van der Waals surface area contributed by atoms with E-state index >= 15 is 0 Å². The predicted octanol–water partition coefficient (Wildman–Crippen LogP) is 4.23. The summed E-state index contributed by atoms with van der Waals surface area (Å²) < 4.78 is 5.55. The molecule has 1 N–H and O–H groups in total. The second-order valence-electron chi connectivity index (χ2n) is 9.69. The van der Waals surface area contributed by atoms with Gasteiger partial charge in [0.05, 0.1) is 0 Å². The molecule has 3 aliphatic carbocycles. The van der Waals surface area contributed by atoms with E-state index in [-0.39, 0.29) is 29.7 Å². The number of carboxylic acids is 1. The fraction of sp³-hybridized carbons (Fsp3) is 0.864. The highest BCUT2D eigenvalue weighted by Crippen LogP contribution is 2.65. The van der Waals surface area contributed by atoms with Crippen LogP contribution in [0.4, 0.5) is 0 Å². The molecule has 0 unspecified atom stereocenters. The van der Waals surface area contributed by atoms with Gasteiger partial charge in [-0.25, -0.2) is 0 Å². The molecule has 5 heteroatoms. The molecule has 0 amide bonds. The lowest BCUT2D eigenvalue weighted by Gasteiger charge is -2.56. The fourth-order valence-electron chi connectivity index (χ4n) is 7.12. The number of Topliss-reactive ketones (excluding diaryl/α,β-unsaturated/α-hetero) is 1. The highest BCUT2D eigenvalue weighted by atomic mass is 16.5. The number of carboxylic acid groups (broad SMARTS) is 1. The van der Waals surface area contributed by atoms with Crippen molar-refractivity contribution in [2.45, 2.75) is 85.2 Å². The first-order chi connectivity index (χ1) is 12.6. The van der Waals surface area contributed by atoms with E-state index in [4.69, 9.17) is 9.84 Å². The van der Waals surface area contributed by atoms with Gasteiger partial charge in [-0.05, 0) is 68.6 Å². The molecular formula is C22H34O5. The smallest absolute Gasteiger partial charge is 0.303 e. The quantitative estimate of drug-likeness (QED) is 0.724. The number of ether oxygens (including phenoxy) is 1. The van der Waals surface area contributed by atoms with Crippen molar-refractivity contribution in [3.8, 4) is 0 Å². The first-order valence-electron chi connectivity index (χ1n) is 10.5. The van der Waals surface area contributed by atoms with Crippen molar-refractivity contribution in [1.29, 1.82) is 0 Å². The van der Waals surface area contributed by atoms with Crippen LogP contribution in [0.1, 0.15) is 79.1 Å². The van der Waals surface area contributed by atoms with Crippen LogP contribution >= 0.6 is 0 Å². The molecule has 0 aliphatic heterocycles. The Balaban J connectivity index is 1.82. The third-order valence-electron chi connectivity index (χ3n) is 8.45. The summed E-state index contributed by atoms with van der Waals surface area (Å²) in [6, 6.07) is 0. The Hall–Kier alpha value is -1.39. The Labute approximate surface area is 162 Å². The van der Waals surface area contributed by atoms with Gasteiger partial charge < -0.3 is 9.84 Å². The van der Waals surface area contributed by atoms with Crippen molar-refractivity contribution in [3.63, 3.8) is 0 Å². The number of carbonyl (C=O) groups is 3. The molecule has 0 aromatic heterocycles. The zero-order valence-corrected chi connectivity index (χ0v) is 17.1. The van der Waals surface area contributed by atoms with Gasteiger partial charge in [-0.2, -0.15) is 0 Å². The highest BCUT2D eigenvalue weighted by Gasteiger charge is 2.60. The van der Waals surface area contributed by atoms with Crippen LogP contribution in [0, 0.1) is 34.5 Å². The van der Waals surface area contributed by atoms with Crippen LogP contribution in [0.3, 0.4) is 0 Å². The lowest BCUT2D eigenvalue weighted by molar-refractivity contribution is -0.157. The molecule has 152 valence electrons. The minimum atomic E-state index is -0.817. The Kier molecular flexibility index (Phi) is 5.44. The molecule has 3 saturated carbocycles. The average molecular weight is 379 g/mol. The molecule has 0 bridgehead atoms. The summed E-state index contributed by atoms with van der Waals surface area (Å²) in [6.45, 7) is 7.87. The minimum Gasteiger partial charge on any atom is -0.481 e. The van der Waals surface area contributed by atoms with E-state index < -0.39 is 11.4 Å². The summed E-state index contributed by atoms with van der Waals surface area (Å²) in [5.41, 5.74) is -0.355. The number of esters is 1.